The summed E-state index contributed by atoms with van der Waals surface area (Å²) in [7, 11) is 1.56. The first kappa shape index (κ1) is 17.3. The maximum Gasteiger partial charge on any atom is 0.416 e. The van der Waals surface area contributed by atoms with Crippen LogP contribution in [0.3, 0.4) is 0 Å². The number of hydrogen-bond acceptors (Lipinski definition) is 3. The third-order valence-electron chi connectivity index (χ3n) is 4.64. The summed E-state index contributed by atoms with van der Waals surface area (Å²) in [5.41, 5.74) is 0.513. The highest BCUT2D eigenvalue weighted by Crippen LogP contribution is 2.33. The van der Waals surface area contributed by atoms with Gasteiger partial charge in [-0.05, 0) is 42.3 Å². The molecule has 1 aliphatic heterocycles. The van der Waals surface area contributed by atoms with Crippen molar-refractivity contribution in [2.24, 2.45) is 0 Å². The summed E-state index contributed by atoms with van der Waals surface area (Å²) in [5.74, 6) is 1.07. The number of allylic oxidation sites excluding steroid dienone is 1. The summed E-state index contributed by atoms with van der Waals surface area (Å²) in [6, 6.07) is 10.4. The lowest BCUT2D eigenvalue weighted by atomic mass is 10.1. The number of rotatable bonds is 2. The second kappa shape index (κ2) is 6.26. The molecule has 2 heterocycles. The Balaban J connectivity index is 1.89. The lowest BCUT2D eigenvalue weighted by molar-refractivity contribution is -0.137. The lowest BCUT2D eigenvalue weighted by Crippen LogP contribution is -2.21. The van der Waals surface area contributed by atoms with Crippen molar-refractivity contribution >= 4 is 22.6 Å². The Bertz CT molecular complexity index is 1130. The van der Waals surface area contributed by atoms with Gasteiger partial charge in [0.1, 0.15) is 11.6 Å². The molecule has 3 aromatic rings. The Kier molecular flexibility index (Phi) is 4.02. The molecule has 0 saturated carbocycles. The lowest BCUT2D eigenvalue weighted by Gasteiger charge is -2.10. The number of ether oxygens (including phenoxy) is 1. The molecule has 2 aromatic carbocycles. The van der Waals surface area contributed by atoms with Gasteiger partial charge in [-0.3, -0.25) is 9.36 Å². The van der Waals surface area contributed by atoms with E-state index in [1.807, 2.05) is 30.3 Å². The molecule has 4 nitrogen and oxygen atoms in total. The molecule has 0 aliphatic carbocycles. The quantitative estimate of drug-likeness (QED) is 0.671. The van der Waals surface area contributed by atoms with E-state index in [9.17, 15) is 18.0 Å². The molecular formula is C20H15F3N2O2. The number of hydrogen-bond donors (Lipinski definition) is 0. The molecule has 0 bridgehead atoms. The van der Waals surface area contributed by atoms with E-state index in [0.29, 0.717) is 24.5 Å². The molecule has 27 heavy (non-hydrogen) atoms. The summed E-state index contributed by atoms with van der Waals surface area (Å²) in [6.07, 6.45) is -2.05. The van der Waals surface area contributed by atoms with Crippen molar-refractivity contribution in [1.82, 2.24) is 9.55 Å². The van der Waals surface area contributed by atoms with Gasteiger partial charge in [0, 0.05) is 12.1 Å². The Labute approximate surface area is 152 Å². The van der Waals surface area contributed by atoms with Crippen molar-refractivity contribution < 1.29 is 17.9 Å². The van der Waals surface area contributed by atoms with Gasteiger partial charge in [0.2, 0.25) is 0 Å². The molecule has 7 heteroatoms. The van der Waals surface area contributed by atoms with Crippen LogP contribution in [-0.4, -0.2) is 16.7 Å². The Morgan fingerprint density at radius 1 is 1.19 bits per heavy atom. The van der Waals surface area contributed by atoms with E-state index in [0.717, 1.165) is 23.3 Å². The largest absolute Gasteiger partial charge is 0.496 e. The molecule has 0 amide bonds. The van der Waals surface area contributed by atoms with Gasteiger partial charge in [0.25, 0.3) is 5.56 Å². The van der Waals surface area contributed by atoms with Gasteiger partial charge in [0.15, 0.2) is 0 Å². The number of aromatic nitrogens is 2. The van der Waals surface area contributed by atoms with Gasteiger partial charge in [-0.2, -0.15) is 13.2 Å². The molecule has 1 aliphatic rings. The van der Waals surface area contributed by atoms with Crippen LogP contribution in [0.5, 0.6) is 5.75 Å². The van der Waals surface area contributed by atoms with Gasteiger partial charge < -0.3 is 4.74 Å². The molecule has 4 rings (SSSR count). The Morgan fingerprint density at radius 3 is 2.70 bits per heavy atom. The average Bonchev–Trinajstić information content (AvgIpc) is 3.04. The number of halogens is 3. The number of nitrogens with zero attached hydrogens (tertiary/aromatic N) is 2. The van der Waals surface area contributed by atoms with Crippen LogP contribution < -0.4 is 10.3 Å². The molecule has 0 fully saturated rings. The van der Waals surface area contributed by atoms with E-state index in [2.05, 4.69) is 4.98 Å². The van der Waals surface area contributed by atoms with E-state index in [1.165, 1.54) is 10.6 Å². The normalized spacial score (nSPS) is 15.3. The minimum Gasteiger partial charge on any atom is -0.496 e. The second-order valence-electron chi connectivity index (χ2n) is 6.28. The van der Waals surface area contributed by atoms with E-state index in [1.54, 1.807) is 7.11 Å². The van der Waals surface area contributed by atoms with Crippen molar-refractivity contribution in [2.45, 2.75) is 19.1 Å². The fourth-order valence-electron chi connectivity index (χ4n) is 3.30. The van der Waals surface area contributed by atoms with Crippen LogP contribution in [0.15, 0.2) is 47.3 Å². The summed E-state index contributed by atoms with van der Waals surface area (Å²) in [5, 5.41) is 0.185. The van der Waals surface area contributed by atoms with Crippen LogP contribution in [0.25, 0.3) is 22.6 Å². The summed E-state index contributed by atoms with van der Waals surface area (Å²) in [4.78, 5) is 17.1. The minimum atomic E-state index is -4.48. The zero-order valence-electron chi connectivity index (χ0n) is 14.4. The van der Waals surface area contributed by atoms with Crippen LogP contribution in [-0.2, 0) is 12.7 Å². The fourth-order valence-corrected chi connectivity index (χ4v) is 3.30. The number of alkyl halides is 3. The fraction of sp³-hybridized carbons (Fsp3) is 0.200. The molecule has 0 N–H and O–H groups in total. The monoisotopic (exact) mass is 372 g/mol. The average molecular weight is 372 g/mol. The van der Waals surface area contributed by atoms with Crippen molar-refractivity contribution in [3.05, 3.63) is 69.8 Å². The Hall–Kier alpha value is -3.09. The van der Waals surface area contributed by atoms with Crippen molar-refractivity contribution in [3.63, 3.8) is 0 Å². The predicted molar refractivity (Wildman–Crippen MR) is 96.5 cm³/mol. The maximum atomic E-state index is 13.0. The highest BCUT2D eigenvalue weighted by atomic mass is 19.4. The minimum absolute atomic E-state index is 0.0499. The summed E-state index contributed by atoms with van der Waals surface area (Å²) < 4.78 is 45.8. The van der Waals surface area contributed by atoms with E-state index < -0.39 is 11.7 Å². The first-order valence-corrected chi connectivity index (χ1v) is 8.34. The van der Waals surface area contributed by atoms with Crippen molar-refractivity contribution in [1.29, 1.82) is 0 Å². The van der Waals surface area contributed by atoms with Gasteiger partial charge in [0.05, 0.1) is 23.6 Å². The third kappa shape index (κ3) is 2.99. The van der Waals surface area contributed by atoms with Crippen molar-refractivity contribution in [3.8, 4) is 5.75 Å². The van der Waals surface area contributed by atoms with Crippen LogP contribution >= 0.6 is 0 Å². The molecule has 0 saturated heterocycles. The van der Waals surface area contributed by atoms with E-state index >= 15 is 0 Å². The molecular weight excluding hydrogens is 357 g/mol. The Morgan fingerprint density at radius 2 is 1.96 bits per heavy atom. The van der Waals surface area contributed by atoms with E-state index in [4.69, 9.17) is 4.74 Å². The number of para-hydroxylation sites is 1. The van der Waals surface area contributed by atoms with Gasteiger partial charge in [-0.1, -0.05) is 18.2 Å². The van der Waals surface area contributed by atoms with Crippen LogP contribution in [0.2, 0.25) is 0 Å². The van der Waals surface area contributed by atoms with Crippen LogP contribution in [0, 0.1) is 0 Å². The predicted octanol–water partition coefficient (Wildman–Crippen LogP) is 4.37. The summed E-state index contributed by atoms with van der Waals surface area (Å²) in [6.45, 7) is 0.444. The molecule has 138 valence electrons. The van der Waals surface area contributed by atoms with Crippen LogP contribution in [0.4, 0.5) is 13.2 Å². The van der Waals surface area contributed by atoms with E-state index in [-0.39, 0.29) is 16.5 Å². The first-order chi connectivity index (χ1) is 12.9. The topological polar surface area (TPSA) is 44.1 Å². The molecule has 0 atom stereocenters. The smallest absolute Gasteiger partial charge is 0.416 e. The second-order valence-corrected chi connectivity index (χ2v) is 6.28. The number of fused-ring (bicyclic) bond motifs is 2. The molecule has 0 spiro atoms. The highest BCUT2D eigenvalue weighted by molar-refractivity contribution is 5.86. The van der Waals surface area contributed by atoms with Crippen molar-refractivity contribution in [2.75, 3.05) is 7.11 Å². The standard InChI is InChI=1S/C20H15F3N2O2/c1-27-17-5-3-2-4-12(17)10-13-8-9-25-18(13)24-16-11-14(20(21,22)23)6-7-15(16)19(25)26/h2-7,10-11H,8-9H2,1H3/b13-10+. The SMILES string of the molecule is COc1ccccc1/C=C1\CCn2c1nc1cc(C(F)(F)F)ccc1c2=O. The zero-order valence-corrected chi connectivity index (χ0v) is 14.4. The zero-order chi connectivity index (χ0) is 19.2. The maximum absolute atomic E-state index is 13.0. The molecule has 0 unspecified atom stereocenters. The molecule has 1 aromatic heterocycles. The van der Waals surface area contributed by atoms with Crippen LogP contribution in [0.1, 0.15) is 23.4 Å². The third-order valence-corrected chi connectivity index (χ3v) is 4.64. The first-order valence-electron chi connectivity index (χ1n) is 8.34. The summed E-state index contributed by atoms with van der Waals surface area (Å²) >= 11 is 0. The van der Waals surface area contributed by atoms with Gasteiger partial charge in [-0.15, -0.1) is 0 Å². The number of methoxy groups -OCH3 is 1. The molecule has 0 radical (unpaired) electrons. The van der Waals surface area contributed by atoms with Gasteiger partial charge >= 0.3 is 6.18 Å². The number of benzene rings is 2. The highest BCUT2D eigenvalue weighted by Gasteiger charge is 2.31. The van der Waals surface area contributed by atoms with Gasteiger partial charge in [-0.25, -0.2) is 4.98 Å².